The summed E-state index contributed by atoms with van der Waals surface area (Å²) >= 11 is 0. The van der Waals surface area contributed by atoms with Crippen LogP contribution in [0.1, 0.15) is 412 Å². The molecule has 80 heavy (non-hydrogen) atoms. The summed E-state index contributed by atoms with van der Waals surface area (Å²) in [6.07, 6.45) is 88.4. The zero-order valence-electron chi connectivity index (χ0n) is 54.3. The molecule has 0 spiro atoms. The molecule has 0 aromatic carbocycles. The minimum Gasteiger partial charge on any atom is -0.466 e. The fourth-order valence-corrected chi connectivity index (χ4v) is 11.6. The highest BCUT2D eigenvalue weighted by Crippen LogP contribution is 2.19. The van der Waals surface area contributed by atoms with Gasteiger partial charge in [-0.3, -0.25) is 9.59 Å². The fraction of sp³-hybridized carbons (Fsp3) is 0.919. The van der Waals surface area contributed by atoms with Gasteiger partial charge in [-0.15, -0.1) is 0 Å². The van der Waals surface area contributed by atoms with E-state index in [1.807, 2.05) is 6.08 Å². The monoisotopic (exact) mass is 1130 g/mol. The van der Waals surface area contributed by atoms with E-state index in [0.29, 0.717) is 19.4 Å². The number of hydrogen-bond donors (Lipinski definition) is 3. The predicted molar refractivity (Wildman–Crippen MR) is 352 cm³/mol. The van der Waals surface area contributed by atoms with Gasteiger partial charge in [-0.25, -0.2) is 0 Å². The zero-order chi connectivity index (χ0) is 57.8. The van der Waals surface area contributed by atoms with Crippen molar-refractivity contribution in [2.45, 2.75) is 424 Å². The Bertz CT molecular complexity index is 1250. The van der Waals surface area contributed by atoms with Crippen LogP contribution in [0, 0.1) is 0 Å². The minimum absolute atomic E-state index is 0.0186. The Morgan fingerprint density at radius 3 is 0.887 bits per heavy atom. The van der Waals surface area contributed by atoms with Crippen molar-refractivity contribution in [3.63, 3.8) is 0 Å². The molecular weight excluding hydrogens is 983 g/mol. The van der Waals surface area contributed by atoms with E-state index in [-0.39, 0.29) is 18.5 Å². The molecule has 6 nitrogen and oxygen atoms in total. The molecule has 0 saturated carbocycles. The number of nitrogens with one attached hydrogen (secondary N) is 1. The molecular formula is C74H143NO5. The summed E-state index contributed by atoms with van der Waals surface area (Å²) in [5, 5.41) is 23.3. The van der Waals surface area contributed by atoms with Crippen molar-refractivity contribution in [3.8, 4) is 0 Å². The third-order valence-electron chi connectivity index (χ3n) is 17.2. The standard InChI is InChI=1S/C74H143NO5/c1-3-5-7-9-11-13-15-17-19-20-21-30-33-36-39-42-46-50-54-58-62-66-72(77)71(70-76)75-73(78)67-63-59-55-51-47-43-40-37-34-31-28-26-24-22-23-25-27-29-32-35-38-41-45-49-53-57-61-65-69-80-74(79)68-64-60-56-52-48-44-18-16-14-12-10-8-6-4-2/h22-23,62,66,71-72,76-77H,3-21,24-61,63-65,67-70H2,1-2H3,(H,75,78)/b23-22-,66-62+. The van der Waals surface area contributed by atoms with Crippen molar-refractivity contribution < 1.29 is 24.5 Å². The average Bonchev–Trinajstić information content (AvgIpc) is 3.46. The van der Waals surface area contributed by atoms with Crippen LogP contribution in [0.25, 0.3) is 0 Å². The normalized spacial score (nSPS) is 12.6. The number of unbranched alkanes of at least 4 members (excludes halogenated alkanes) is 56. The second-order valence-electron chi connectivity index (χ2n) is 25.3. The second-order valence-corrected chi connectivity index (χ2v) is 25.3. The maximum Gasteiger partial charge on any atom is 0.305 e. The number of rotatable bonds is 69. The molecule has 0 aliphatic heterocycles. The van der Waals surface area contributed by atoms with Crippen LogP contribution >= 0.6 is 0 Å². The second kappa shape index (κ2) is 69.8. The highest BCUT2D eigenvalue weighted by Gasteiger charge is 2.18. The van der Waals surface area contributed by atoms with Crippen LogP contribution in [0.15, 0.2) is 24.3 Å². The van der Waals surface area contributed by atoms with Crippen molar-refractivity contribution in [1.29, 1.82) is 0 Å². The van der Waals surface area contributed by atoms with E-state index in [9.17, 15) is 19.8 Å². The van der Waals surface area contributed by atoms with E-state index in [2.05, 4.69) is 31.3 Å². The first kappa shape index (κ1) is 78.3. The Kier molecular flexibility index (Phi) is 68.4. The first-order valence-corrected chi connectivity index (χ1v) is 36.6. The summed E-state index contributed by atoms with van der Waals surface area (Å²) in [7, 11) is 0. The Hall–Kier alpha value is -1.66. The molecule has 0 aliphatic carbocycles. The van der Waals surface area contributed by atoms with Gasteiger partial charge in [0.2, 0.25) is 5.91 Å². The highest BCUT2D eigenvalue weighted by molar-refractivity contribution is 5.76. The topological polar surface area (TPSA) is 95.9 Å². The zero-order valence-corrected chi connectivity index (χ0v) is 54.3. The van der Waals surface area contributed by atoms with Crippen molar-refractivity contribution in [1.82, 2.24) is 5.32 Å². The summed E-state index contributed by atoms with van der Waals surface area (Å²) in [5.74, 6) is -0.0451. The number of aliphatic hydroxyl groups is 2. The van der Waals surface area contributed by atoms with E-state index in [4.69, 9.17) is 4.74 Å². The van der Waals surface area contributed by atoms with Crippen LogP contribution in [-0.2, 0) is 14.3 Å². The van der Waals surface area contributed by atoms with Crippen LogP contribution in [0.4, 0.5) is 0 Å². The number of carbonyl (C=O) groups excluding carboxylic acids is 2. The van der Waals surface area contributed by atoms with Gasteiger partial charge in [0, 0.05) is 12.8 Å². The molecule has 0 rings (SSSR count). The lowest BCUT2D eigenvalue weighted by Gasteiger charge is -2.20. The lowest BCUT2D eigenvalue weighted by Crippen LogP contribution is -2.45. The highest BCUT2D eigenvalue weighted by atomic mass is 16.5. The summed E-state index contributed by atoms with van der Waals surface area (Å²) < 4.78 is 5.49. The smallest absolute Gasteiger partial charge is 0.305 e. The van der Waals surface area contributed by atoms with Crippen LogP contribution in [0.5, 0.6) is 0 Å². The minimum atomic E-state index is -0.845. The lowest BCUT2D eigenvalue weighted by atomic mass is 10.0. The molecule has 2 unspecified atom stereocenters. The Morgan fingerprint density at radius 1 is 0.338 bits per heavy atom. The number of carbonyl (C=O) groups is 2. The van der Waals surface area contributed by atoms with E-state index in [1.165, 1.54) is 347 Å². The Morgan fingerprint density at radius 2 is 0.588 bits per heavy atom. The molecule has 0 aromatic heterocycles. The van der Waals surface area contributed by atoms with Gasteiger partial charge in [0.05, 0.1) is 25.4 Å². The number of hydrogen-bond acceptors (Lipinski definition) is 5. The van der Waals surface area contributed by atoms with Gasteiger partial charge in [0.15, 0.2) is 0 Å². The Labute approximate surface area is 501 Å². The molecule has 0 aliphatic rings. The molecule has 1 amide bonds. The van der Waals surface area contributed by atoms with Crippen LogP contribution in [0.3, 0.4) is 0 Å². The summed E-state index contributed by atoms with van der Waals surface area (Å²) in [5.41, 5.74) is 0. The fourth-order valence-electron chi connectivity index (χ4n) is 11.6. The van der Waals surface area contributed by atoms with Gasteiger partial charge >= 0.3 is 5.97 Å². The lowest BCUT2D eigenvalue weighted by molar-refractivity contribution is -0.143. The van der Waals surface area contributed by atoms with Crippen molar-refractivity contribution >= 4 is 11.9 Å². The third kappa shape index (κ3) is 65.5. The summed E-state index contributed by atoms with van der Waals surface area (Å²) in [6, 6.07) is -0.629. The molecule has 0 bridgehead atoms. The average molecular weight is 1130 g/mol. The van der Waals surface area contributed by atoms with Gasteiger partial charge in [-0.1, -0.05) is 366 Å². The molecule has 0 heterocycles. The molecule has 6 heteroatoms. The van der Waals surface area contributed by atoms with E-state index >= 15 is 0 Å². The first-order valence-electron chi connectivity index (χ1n) is 36.6. The third-order valence-corrected chi connectivity index (χ3v) is 17.2. The number of aliphatic hydroxyl groups excluding tert-OH is 2. The maximum absolute atomic E-state index is 12.5. The molecule has 3 N–H and O–H groups in total. The van der Waals surface area contributed by atoms with E-state index in [1.54, 1.807) is 6.08 Å². The van der Waals surface area contributed by atoms with Gasteiger partial charge in [0.1, 0.15) is 0 Å². The van der Waals surface area contributed by atoms with Gasteiger partial charge < -0.3 is 20.3 Å². The predicted octanol–water partition coefficient (Wildman–Crippen LogP) is 23.7. The Balaban J connectivity index is 3.40. The quantitative estimate of drug-likeness (QED) is 0.0320. The van der Waals surface area contributed by atoms with Gasteiger partial charge in [-0.05, 0) is 57.8 Å². The molecule has 474 valence electrons. The number of ether oxygens (including phenoxy) is 1. The van der Waals surface area contributed by atoms with E-state index in [0.717, 1.165) is 38.5 Å². The van der Waals surface area contributed by atoms with Gasteiger partial charge in [0.25, 0.3) is 0 Å². The molecule has 0 aromatic rings. The van der Waals surface area contributed by atoms with Crippen molar-refractivity contribution in [2.24, 2.45) is 0 Å². The molecule has 0 saturated heterocycles. The van der Waals surface area contributed by atoms with Crippen LogP contribution < -0.4 is 5.32 Å². The van der Waals surface area contributed by atoms with Crippen molar-refractivity contribution in [3.05, 3.63) is 24.3 Å². The summed E-state index contributed by atoms with van der Waals surface area (Å²) in [6.45, 7) is 4.95. The van der Waals surface area contributed by atoms with Crippen LogP contribution in [-0.4, -0.2) is 47.4 Å². The number of allylic oxidation sites excluding steroid dienone is 3. The molecule has 0 radical (unpaired) electrons. The first-order chi connectivity index (χ1) is 39.5. The maximum atomic E-state index is 12.5. The molecule has 2 atom stereocenters. The summed E-state index contributed by atoms with van der Waals surface area (Å²) in [4.78, 5) is 24.6. The largest absolute Gasteiger partial charge is 0.466 e. The van der Waals surface area contributed by atoms with E-state index < -0.39 is 12.1 Å². The molecule has 0 fully saturated rings. The number of amides is 1. The van der Waals surface area contributed by atoms with Gasteiger partial charge in [-0.2, -0.15) is 0 Å². The number of esters is 1. The SMILES string of the molecule is CCCCCCCCCCCCCCCCCCCCC/C=C/C(O)C(CO)NC(=O)CCCCCCCCCCCCCC/C=C\CCCCCCCCCCCCCCOC(=O)CCCCCCCCCCCCCCCC. The van der Waals surface area contributed by atoms with Crippen molar-refractivity contribution in [2.75, 3.05) is 13.2 Å². The van der Waals surface area contributed by atoms with Crippen LogP contribution in [0.2, 0.25) is 0 Å².